The van der Waals surface area contributed by atoms with E-state index in [1.165, 1.54) is 18.2 Å². The van der Waals surface area contributed by atoms with E-state index in [0.29, 0.717) is 36.4 Å². The molecular weight excluding hydrogens is 521 g/mol. The Bertz CT molecular complexity index is 1060. The zero-order chi connectivity index (χ0) is 23.8. The van der Waals surface area contributed by atoms with Crippen molar-refractivity contribution in [2.75, 3.05) is 18.4 Å². The van der Waals surface area contributed by atoms with Gasteiger partial charge in [-0.2, -0.15) is 8.42 Å². The lowest BCUT2D eigenvalue weighted by Gasteiger charge is -2.28. The number of hydrogen-bond donors (Lipinski definition) is 5. The molecule has 1 aliphatic rings. The first-order valence-electron chi connectivity index (χ1n) is 10.5. The Kier molecular flexibility index (Phi) is 9.14. The molecule has 14 heteroatoms. The van der Waals surface area contributed by atoms with Gasteiger partial charge in [0.25, 0.3) is 10.2 Å². The van der Waals surface area contributed by atoms with E-state index in [2.05, 4.69) is 41.3 Å². The maximum absolute atomic E-state index is 13.4. The van der Waals surface area contributed by atoms with Gasteiger partial charge in [0.05, 0.1) is 10.2 Å². The number of amidine groups is 1. The van der Waals surface area contributed by atoms with Crippen molar-refractivity contribution in [1.82, 2.24) is 20.5 Å². The summed E-state index contributed by atoms with van der Waals surface area (Å²) in [4.78, 5) is 4.23. The molecule has 11 nitrogen and oxygen atoms in total. The maximum Gasteiger partial charge on any atom is 0.274 e. The van der Waals surface area contributed by atoms with E-state index in [4.69, 9.17) is 9.77 Å². The van der Waals surface area contributed by atoms with Gasteiger partial charge in [-0.1, -0.05) is 25.7 Å². The van der Waals surface area contributed by atoms with E-state index in [9.17, 15) is 18.0 Å². The Morgan fingerprint density at radius 2 is 1.88 bits per heavy atom. The summed E-state index contributed by atoms with van der Waals surface area (Å²) in [5, 5.41) is 25.3. The summed E-state index contributed by atoms with van der Waals surface area (Å²) in [6.07, 6.45) is 5.93. The number of aliphatic imine (C=N–C) groups is 1. The van der Waals surface area contributed by atoms with Crippen LogP contribution in [0.5, 0.6) is 0 Å². The predicted octanol–water partition coefficient (Wildman–Crippen LogP) is 2.82. The number of nitrogens with zero attached hydrogens (tertiary/aromatic N) is 3. The summed E-state index contributed by atoms with van der Waals surface area (Å²) < 4.78 is 42.7. The molecule has 0 bridgehead atoms. The van der Waals surface area contributed by atoms with Crippen LogP contribution in [-0.2, 0) is 10.2 Å². The van der Waals surface area contributed by atoms with Gasteiger partial charge >= 0.3 is 0 Å². The topological polar surface area (TPSA) is 168 Å². The highest BCUT2D eigenvalue weighted by molar-refractivity contribution is 9.10. The van der Waals surface area contributed by atoms with Crippen molar-refractivity contribution in [3.63, 3.8) is 0 Å². The molecule has 0 amide bonds. The lowest BCUT2D eigenvalue weighted by atomic mass is 9.79. The monoisotopic (exact) mass is 547 g/mol. The molecule has 3 rings (SSSR count). The molecule has 2 aromatic rings. The first-order chi connectivity index (χ1) is 15.7. The summed E-state index contributed by atoms with van der Waals surface area (Å²) >= 11 is 3.10. The second-order valence-corrected chi connectivity index (χ2v) is 10.2. The van der Waals surface area contributed by atoms with Gasteiger partial charge in [0.1, 0.15) is 5.82 Å². The van der Waals surface area contributed by atoms with Crippen LogP contribution < -0.4 is 20.7 Å². The quantitative estimate of drug-likeness (QED) is 0.172. The third-order valence-electron chi connectivity index (χ3n) is 5.63. The SMILES string of the molecule is NS(=O)(=O)NCCC1CCC(CCNc2nonc2C(=Nc2ccc(F)c(Br)c2)NO)CC1. The van der Waals surface area contributed by atoms with Crippen LogP contribution in [0.25, 0.3) is 0 Å². The van der Waals surface area contributed by atoms with Crippen LogP contribution >= 0.6 is 15.9 Å². The molecule has 0 unspecified atom stereocenters. The smallest absolute Gasteiger partial charge is 0.274 e. The molecule has 0 radical (unpaired) electrons. The van der Waals surface area contributed by atoms with Gasteiger partial charge in [-0.15, -0.1) is 0 Å². The van der Waals surface area contributed by atoms with Crippen molar-refractivity contribution in [1.29, 1.82) is 0 Å². The Balaban J connectivity index is 1.48. The van der Waals surface area contributed by atoms with E-state index >= 15 is 0 Å². The standard InChI is InChI=1S/C19H27BrFN7O4S/c20-15-11-14(5-6-16(15)21)25-19(26-29)17-18(28-32-27-17)23-9-7-12-1-3-13(4-2-12)8-10-24-33(22,30)31/h5-6,11-13,24,29H,1-4,7-10H2,(H,23,28)(H,25,26)(H2,22,30,31). The third kappa shape index (κ3) is 7.99. The second-order valence-electron chi connectivity index (χ2n) is 7.96. The number of nitrogens with two attached hydrogens (primary N) is 1. The largest absolute Gasteiger partial charge is 0.365 e. The zero-order valence-electron chi connectivity index (χ0n) is 17.8. The van der Waals surface area contributed by atoms with Gasteiger partial charge in [-0.25, -0.2) is 23.9 Å². The molecule has 0 atom stereocenters. The molecule has 1 heterocycles. The fourth-order valence-corrected chi connectivity index (χ4v) is 4.65. The van der Waals surface area contributed by atoms with Crippen molar-refractivity contribution in [3.05, 3.63) is 34.2 Å². The van der Waals surface area contributed by atoms with Gasteiger partial charge in [0.2, 0.25) is 5.82 Å². The van der Waals surface area contributed by atoms with E-state index in [0.717, 1.165) is 38.5 Å². The van der Waals surface area contributed by atoms with Gasteiger partial charge in [-0.3, -0.25) is 10.7 Å². The molecule has 0 aliphatic heterocycles. The van der Waals surface area contributed by atoms with E-state index in [1.54, 1.807) is 0 Å². The highest BCUT2D eigenvalue weighted by Gasteiger charge is 2.22. The van der Waals surface area contributed by atoms with E-state index in [1.807, 2.05) is 5.48 Å². The summed E-state index contributed by atoms with van der Waals surface area (Å²) in [7, 11) is -3.63. The average Bonchev–Trinajstić information content (AvgIpc) is 3.23. The minimum atomic E-state index is -3.63. The van der Waals surface area contributed by atoms with Crippen LogP contribution in [0, 0.1) is 17.7 Å². The number of rotatable bonds is 10. The lowest BCUT2D eigenvalue weighted by molar-refractivity contribution is 0.234. The number of halogens is 2. The number of benzene rings is 1. The van der Waals surface area contributed by atoms with Crippen molar-refractivity contribution in [2.45, 2.75) is 38.5 Å². The average molecular weight is 548 g/mol. The maximum atomic E-state index is 13.4. The van der Waals surface area contributed by atoms with E-state index < -0.39 is 16.0 Å². The molecule has 0 saturated heterocycles. The first kappa shape index (κ1) is 25.5. The second kappa shape index (κ2) is 11.8. The third-order valence-corrected chi connectivity index (χ3v) is 6.84. The molecule has 1 aromatic carbocycles. The summed E-state index contributed by atoms with van der Waals surface area (Å²) in [6, 6.07) is 4.18. The summed E-state index contributed by atoms with van der Waals surface area (Å²) in [6.45, 7) is 1.000. The van der Waals surface area contributed by atoms with Crippen molar-refractivity contribution < 1.29 is 22.6 Å². The van der Waals surface area contributed by atoms with Gasteiger partial charge < -0.3 is 5.32 Å². The molecule has 1 aliphatic carbocycles. The molecule has 0 spiro atoms. The summed E-state index contributed by atoms with van der Waals surface area (Å²) in [5.41, 5.74) is 2.58. The molecule has 6 N–H and O–H groups in total. The van der Waals surface area contributed by atoms with Gasteiger partial charge in [0, 0.05) is 13.1 Å². The Labute approximate surface area is 199 Å². The molecule has 1 fully saturated rings. The van der Waals surface area contributed by atoms with Crippen LogP contribution in [0.15, 0.2) is 32.3 Å². The fourth-order valence-electron chi connectivity index (χ4n) is 3.88. The lowest BCUT2D eigenvalue weighted by Crippen LogP contribution is -2.32. The Morgan fingerprint density at radius 1 is 1.21 bits per heavy atom. The number of hydrogen-bond acceptors (Lipinski definition) is 8. The number of nitrogens with one attached hydrogen (secondary N) is 3. The minimum absolute atomic E-state index is 0.00543. The van der Waals surface area contributed by atoms with Crippen LogP contribution in [0.1, 0.15) is 44.2 Å². The summed E-state index contributed by atoms with van der Waals surface area (Å²) in [5.74, 6) is 0.955. The molecule has 1 saturated carbocycles. The van der Waals surface area contributed by atoms with Gasteiger partial charge in [0.15, 0.2) is 11.5 Å². The highest BCUT2D eigenvalue weighted by Crippen LogP contribution is 2.32. The Morgan fingerprint density at radius 3 is 2.48 bits per heavy atom. The first-order valence-corrected chi connectivity index (χ1v) is 12.9. The number of anilines is 1. The normalized spacial score (nSPS) is 19.5. The predicted molar refractivity (Wildman–Crippen MR) is 124 cm³/mol. The van der Waals surface area contributed by atoms with Gasteiger partial charge in [-0.05, 0) is 69.1 Å². The molecular formula is C19H27BrFN7O4S. The van der Waals surface area contributed by atoms with Crippen molar-refractivity contribution in [3.8, 4) is 0 Å². The van der Waals surface area contributed by atoms with Crippen LogP contribution in [0.4, 0.5) is 15.9 Å². The van der Waals surface area contributed by atoms with Crippen molar-refractivity contribution in [2.24, 2.45) is 22.0 Å². The Hall–Kier alpha value is -2.13. The van der Waals surface area contributed by atoms with Crippen molar-refractivity contribution >= 4 is 43.5 Å². The fraction of sp³-hybridized carbons (Fsp3) is 0.526. The van der Waals surface area contributed by atoms with Crippen LogP contribution in [0.3, 0.4) is 0 Å². The highest BCUT2D eigenvalue weighted by atomic mass is 79.9. The number of hydroxylamine groups is 1. The zero-order valence-corrected chi connectivity index (χ0v) is 20.2. The number of aromatic nitrogens is 2. The minimum Gasteiger partial charge on any atom is -0.365 e. The molecule has 1 aromatic heterocycles. The van der Waals surface area contributed by atoms with Crippen LogP contribution in [-0.4, -0.2) is 42.9 Å². The molecule has 182 valence electrons. The molecule has 33 heavy (non-hydrogen) atoms. The van der Waals surface area contributed by atoms with Crippen LogP contribution in [0.2, 0.25) is 0 Å². The van der Waals surface area contributed by atoms with E-state index in [-0.39, 0.29) is 16.0 Å².